The summed E-state index contributed by atoms with van der Waals surface area (Å²) in [5.74, 6) is -1.47. The van der Waals surface area contributed by atoms with Gasteiger partial charge in [0, 0.05) is 39.3 Å². The third-order valence-corrected chi connectivity index (χ3v) is 8.22. The van der Waals surface area contributed by atoms with Crippen molar-refractivity contribution in [3.8, 4) is 0 Å². The Labute approximate surface area is 222 Å². The third kappa shape index (κ3) is 5.80. The van der Waals surface area contributed by atoms with Crippen LogP contribution in [0, 0.1) is 11.8 Å². The molecule has 3 saturated heterocycles. The van der Waals surface area contributed by atoms with E-state index < -0.39 is 23.5 Å². The van der Waals surface area contributed by atoms with E-state index in [2.05, 4.69) is 20.1 Å². The fourth-order valence-electron chi connectivity index (χ4n) is 6.60. The lowest BCUT2D eigenvalue weighted by molar-refractivity contribution is -0.148. The molecule has 5 atom stereocenters. The minimum Gasteiger partial charge on any atom is -0.396 e. The molecule has 208 valence electrons. The Kier molecular flexibility index (Phi) is 10.8. The largest absolute Gasteiger partial charge is 0.396 e. The van der Waals surface area contributed by atoms with Crippen molar-refractivity contribution >= 4 is 17.7 Å². The van der Waals surface area contributed by atoms with Crippen LogP contribution in [-0.2, 0) is 19.1 Å². The van der Waals surface area contributed by atoms with E-state index in [1.807, 2.05) is 6.92 Å². The third-order valence-electron chi connectivity index (χ3n) is 8.22. The van der Waals surface area contributed by atoms with Gasteiger partial charge in [0.25, 0.3) is 0 Å². The molecule has 8 heteroatoms. The summed E-state index contributed by atoms with van der Waals surface area (Å²) in [5, 5.41) is 9.12. The summed E-state index contributed by atoms with van der Waals surface area (Å²) in [7, 11) is 0. The zero-order chi connectivity index (χ0) is 27.0. The number of rotatable bonds is 17. The summed E-state index contributed by atoms with van der Waals surface area (Å²) in [5.41, 5.74) is -0.956. The van der Waals surface area contributed by atoms with E-state index in [1.54, 1.807) is 26.9 Å². The molecule has 3 fully saturated rings. The fraction of sp³-hybridized carbons (Fsp3) is 0.759. The molecule has 37 heavy (non-hydrogen) atoms. The number of unbranched alkanes of at least 4 members (excludes halogenated alkanes) is 4. The topological polar surface area (TPSA) is 90.4 Å². The fourth-order valence-corrected chi connectivity index (χ4v) is 6.60. The quantitative estimate of drug-likeness (QED) is 0.236. The lowest BCUT2D eigenvalue weighted by Gasteiger charge is -2.37. The monoisotopic (exact) mass is 517 g/mol. The Bertz CT molecular complexity index is 832. The Hall–Kier alpha value is -2.19. The molecule has 0 aliphatic carbocycles. The number of ether oxygens (including phenoxy) is 1. The van der Waals surface area contributed by atoms with Gasteiger partial charge in [0.15, 0.2) is 0 Å². The number of aliphatic hydroxyl groups excluding tert-OH is 1. The maximum atomic E-state index is 14.1. The number of likely N-dealkylation sites (tertiary alicyclic amines) is 1. The maximum Gasteiger partial charge on any atom is 0.248 e. The van der Waals surface area contributed by atoms with Crippen molar-refractivity contribution in [1.29, 1.82) is 0 Å². The first kappa shape index (κ1) is 29.4. The van der Waals surface area contributed by atoms with Gasteiger partial charge in [-0.15, -0.1) is 13.2 Å². The van der Waals surface area contributed by atoms with Crippen LogP contribution in [0.25, 0.3) is 0 Å². The lowest BCUT2D eigenvalue weighted by Crippen LogP contribution is -2.56. The van der Waals surface area contributed by atoms with Gasteiger partial charge in [-0.05, 0) is 38.5 Å². The second-order valence-corrected chi connectivity index (χ2v) is 10.7. The first-order chi connectivity index (χ1) is 17.9. The highest BCUT2D eigenvalue weighted by Gasteiger charge is 2.74. The number of nitrogens with zero attached hydrogens (tertiary/aromatic N) is 3. The standard InChI is InChI=1S/C29H47N3O5/c1-5-9-19-31(18-8-4)28(36)25-29-15-14-22(37-29)23(26(34)30(16-6-2)17-7-3)24(29)27(35)32(25)20-12-10-11-13-21-33/h6,8,22-25,33H,2,4-5,7,9-21H2,1,3H3/t22-,23+,24-,25?,29?/m0/s1. The summed E-state index contributed by atoms with van der Waals surface area (Å²) < 4.78 is 6.59. The molecule has 3 aliphatic rings. The van der Waals surface area contributed by atoms with Crippen LogP contribution in [0.2, 0.25) is 0 Å². The molecule has 1 spiro atoms. The molecular weight excluding hydrogens is 470 g/mol. The summed E-state index contributed by atoms with van der Waals surface area (Å²) >= 11 is 0. The number of aliphatic hydroxyl groups is 1. The van der Waals surface area contributed by atoms with Gasteiger partial charge >= 0.3 is 0 Å². The molecular formula is C29H47N3O5. The molecule has 3 aliphatic heterocycles. The van der Waals surface area contributed by atoms with Crippen LogP contribution >= 0.6 is 0 Å². The summed E-state index contributed by atoms with van der Waals surface area (Å²) in [4.78, 5) is 47.3. The van der Waals surface area contributed by atoms with E-state index in [0.29, 0.717) is 45.6 Å². The highest BCUT2D eigenvalue weighted by molar-refractivity contribution is 5.99. The molecule has 8 nitrogen and oxygen atoms in total. The second kappa shape index (κ2) is 13.6. The van der Waals surface area contributed by atoms with E-state index in [-0.39, 0.29) is 30.4 Å². The zero-order valence-corrected chi connectivity index (χ0v) is 22.9. The van der Waals surface area contributed by atoms with Crippen LogP contribution in [-0.4, -0.2) is 94.6 Å². The summed E-state index contributed by atoms with van der Waals surface area (Å²) in [6, 6.07) is -0.721. The minimum absolute atomic E-state index is 0.0587. The van der Waals surface area contributed by atoms with Crippen molar-refractivity contribution in [2.75, 3.05) is 39.3 Å². The molecule has 3 heterocycles. The highest BCUT2D eigenvalue weighted by Crippen LogP contribution is 2.59. The maximum absolute atomic E-state index is 14.1. The molecule has 1 N–H and O–H groups in total. The minimum atomic E-state index is -0.956. The van der Waals surface area contributed by atoms with Gasteiger partial charge in [0.2, 0.25) is 17.7 Å². The smallest absolute Gasteiger partial charge is 0.248 e. The van der Waals surface area contributed by atoms with E-state index >= 15 is 0 Å². The normalized spacial score (nSPS) is 27.9. The first-order valence-electron chi connectivity index (χ1n) is 14.3. The lowest BCUT2D eigenvalue weighted by atomic mass is 9.70. The molecule has 2 unspecified atom stereocenters. The number of hydrogen-bond acceptors (Lipinski definition) is 5. The average molecular weight is 518 g/mol. The van der Waals surface area contributed by atoms with Crippen LogP contribution < -0.4 is 0 Å². The van der Waals surface area contributed by atoms with Crippen LogP contribution in [0.5, 0.6) is 0 Å². The Morgan fingerprint density at radius 1 is 1.03 bits per heavy atom. The molecule has 0 aromatic rings. The van der Waals surface area contributed by atoms with E-state index in [1.165, 1.54) is 0 Å². The van der Waals surface area contributed by atoms with Crippen molar-refractivity contribution < 1.29 is 24.2 Å². The summed E-state index contributed by atoms with van der Waals surface area (Å²) in [6.07, 6.45) is 10.3. The van der Waals surface area contributed by atoms with Crippen molar-refractivity contribution in [3.63, 3.8) is 0 Å². The van der Waals surface area contributed by atoms with Crippen molar-refractivity contribution in [2.24, 2.45) is 11.8 Å². The SMILES string of the molecule is C=CCN(CCCC)C(=O)C1N(CCCCCCO)C(=O)[C@@H]2[C@H](C(=O)N(CC=C)CCC)[C@@H]3CCC12O3. The number of hydrogen-bond donors (Lipinski definition) is 1. The van der Waals surface area contributed by atoms with Crippen molar-refractivity contribution in [3.05, 3.63) is 25.3 Å². The highest BCUT2D eigenvalue weighted by atomic mass is 16.5. The van der Waals surface area contributed by atoms with Crippen LogP contribution in [0.1, 0.15) is 71.6 Å². The van der Waals surface area contributed by atoms with E-state index in [4.69, 9.17) is 9.84 Å². The number of amides is 3. The van der Waals surface area contributed by atoms with Crippen molar-refractivity contribution in [1.82, 2.24) is 14.7 Å². The first-order valence-corrected chi connectivity index (χ1v) is 14.3. The van der Waals surface area contributed by atoms with Gasteiger partial charge in [0.1, 0.15) is 11.6 Å². The van der Waals surface area contributed by atoms with Gasteiger partial charge in [0.05, 0.1) is 17.9 Å². The van der Waals surface area contributed by atoms with Crippen LogP contribution in [0.4, 0.5) is 0 Å². The number of carbonyl (C=O) groups excluding carboxylic acids is 3. The van der Waals surface area contributed by atoms with Gasteiger partial charge in [-0.1, -0.05) is 45.3 Å². The van der Waals surface area contributed by atoms with E-state index in [0.717, 1.165) is 44.9 Å². The molecule has 0 saturated carbocycles. The molecule has 0 aromatic carbocycles. The molecule has 3 amide bonds. The van der Waals surface area contributed by atoms with Crippen molar-refractivity contribution in [2.45, 2.75) is 89.4 Å². The number of carbonyl (C=O) groups is 3. The summed E-state index contributed by atoms with van der Waals surface area (Å²) in [6.45, 7) is 14.4. The predicted molar refractivity (Wildman–Crippen MR) is 144 cm³/mol. The zero-order valence-electron chi connectivity index (χ0n) is 22.9. The Morgan fingerprint density at radius 2 is 1.70 bits per heavy atom. The van der Waals surface area contributed by atoms with Gasteiger partial charge in [-0.3, -0.25) is 14.4 Å². The Balaban J connectivity index is 1.94. The van der Waals surface area contributed by atoms with Crippen LogP contribution in [0.15, 0.2) is 25.3 Å². The van der Waals surface area contributed by atoms with Gasteiger partial charge in [-0.2, -0.15) is 0 Å². The molecule has 0 aromatic heterocycles. The molecule has 0 radical (unpaired) electrons. The second-order valence-electron chi connectivity index (χ2n) is 10.7. The van der Waals surface area contributed by atoms with E-state index in [9.17, 15) is 14.4 Å². The molecule has 2 bridgehead atoms. The van der Waals surface area contributed by atoms with Gasteiger partial charge < -0.3 is 24.5 Å². The average Bonchev–Trinajstić information content (AvgIpc) is 3.53. The predicted octanol–water partition coefficient (Wildman–Crippen LogP) is 3.15. The van der Waals surface area contributed by atoms with Crippen LogP contribution in [0.3, 0.4) is 0 Å². The van der Waals surface area contributed by atoms with Gasteiger partial charge in [-0.25, -0.2) is 0 Å². The Morgan fingerprint density at radius 3 is 2.32 bits per heavy atom. The number of fused-ring (bicyclic) bond motifs is 1. The molecule has 3 rings (SSSR count).